The summed E-state index contributed by atoms with van der Waals surface area (Å²) in [5.74, 6) is 0.493. The van der Waals surface area contributed by atoms with Crippen LogP contribution in [0.5, 0.6) is 5.75 Å². The minimum atomic E-state index is -3.73. The normalized spacial score (nSPS) is 19.7. The number of ether oxygens (including phenoxy) is 2. The van der Waals surface area contributed by atoms with Crippen LogP contribution < -0.4 is 14.8 Å². The van der Waals surface area contributed by atoms with E-state index in [9.17, 15) is 13.2 Å². The van der Waals surface area contributed by atoms with E-state index >= 15 is 0 Å². The van der Waals surface area contributed by atoms with Crippen LogP contribution in [0.25, 0.3) is 0 Å². The minimum absolute atomic E-state index is 0.0392. The predicted octanol–water partition coefficient (Wildman–Crippen LogP) is 2.72. The summed E-state index contributed by atoms with van der Waals surface area (Å²) in [7, 11) is -2.09. The van der Waals surface area contributed by atoms with Gasteiger partial charge >= 0.3 is 0 Å². The van der Waals surface area contributed by atoms with Gasteiger partial charge in [0.1, 0.15) is 5.75 Å². The fourth-order valence-electron chi connectivity index (χ4n) is 4.52. The number of sulfonamides is 1. The number of hydrogen-bond donors (Lipinski definition) is 2. The van der Waals surface area contributed by atoms with Crippen LogP contribution in [0.1, 0.15) is 47.6 Å². The lowest BCUT2D eigenvalue weighted by atomic mass is 10.0. The smallest absolute Gasteiger partial charge is 0.251 e. The van der Waals surface area contributed by atoms with Crippen LogP contribution in [-0.2, 0) is 14.8 Å². The molecule has 2 aromatic rings. The molecule has 0 aliphatic carbocycles. The van der Waals surface area contributed by atoms with E-state index in [1.54, 1.807) is 19.2 Å². The average Bonchev–Trinajstić information content (AvgIpc) is 3.58. The lowest BCUT2D eigenvalue weighted by Crippen LogP contribution is -2.37. The van der Waals surface area contributed by atoms with Crippen LogP contribution in [0.2, 0.25) is 0 Å². The molecule has 34 heavy (non-hydrogen) atoms. The van der Waals surface area contributed by atoms with Crippen molar-refractivity contribution in [3.63, 3.8) is 0 Å². The lowest BCUT2D eigenvalue weighted by Gasteiger charge is -2.28. The standard InChI is InChI=1S/C25H33N3O5S/c1-32-21-11-9-19(10-12-21)24(28-13-2-3-14-28)18-26-25(29)20-6-4-8-23(16-20)34(30,31)27-17-22-7-5-15-33-22/h4,6,8-12,16,22,24,27H,2-3,5,7,13-15,17-18H2,1H3,(H,26,29). The molecular weight excluding hydrogens is 454 g/mol. The molecule has 2 unspecified atom stereocenters. The molecule has 2 fully saturated rings. The zero-order valence-corrected chi connectivity index (χ0v) is 20.4. The summed E-state index contributed by atoms with van der Waals surface area (Å²) in [6.45, 7) is 3.29. The number of nitrogens with zero attached hydrogens (tertiary/aromatic N) is 1. The number of rotatable bonds is 10. The third kappa shape index (κ3) is 6.15. The second-order valence-electron chi connectivity index (χ2n) is 8.76. The number of amides is 1. The van der Waals surface area contributed by atoms with E-state index in [-0.39, 0.29) is 29.5 Å². The van der Waals surface area contributed by atoms with Gasteiger partial charge in [-0.15, -0.1) is 0 Å². The molecule has 2 N–H and O–H groups in total. The highest BCUT2D eigenvalue weighted by Crippen LogP contribution is 2.26. The molecule has 2 aliphatic heterocycles. The largest absolute Gasteiger partial charge is 0.497 e. The van der Waals surface area contributed by atoms with E-state index in [0.717, 1.165) is 50.1 Å². The molecule has 2 aliphatic rings. The zero-order chi connectivity index (χ0) is 24.0. The first-order chi connectivity index (χ1) is 16.5. The highest BCUT2D eigenvalue weighted by Gasteiger charge is 2.25. The van der Waals surface area contributed by atoms with E-state index in [4.69, 9.17) is 9.47 Å². The summed E-state index contributed by atoms with van der Waals surface area (Å²) in [5, 5.41) is 3.01. The average molecular weight is 488 g/mol. The molecule has 2 heterocycles. The van der Waals surface area contributed by atoms with E-state index < -0.39 is 10.0 Å². The van der Waals surface area contributed by atoms with Crippen molar-refractivity contribution >= 4 is 15.9 Å². The van der Waals surface area contributed by atoms with Gasteiger partial charge < -0.3 is 14.8 Å². The van der Waals surface area contributed by atoms with E-state index in [0.29, 0.717) is 18.7 Å². The molecule has 0 aromatic heterocycles. The fourth-order valence-corrected chi connectivity index (χ4v) is 5.64. The molecule has 2 atom stereocenters. The number of hydrogen-bond acceptors (Lipinski definition) is 6. The number of carbonyl (C=O) groups excluding carboxylic acids is 1. The molecular formula is C25H33N3O5S. The topological polar surface area (TPSA) is 97.0 Å². The van der Waals surface area contributed by atoms with Crippen molar-refractivity contribution in [3.05, 3.63) is 59.7 Å². The van der Waals surface area contributed by atoms with Gasteiger partial charge in [-0.05, 0) is 74.7 Å². The van der Waals surface area contributed by atoms with Crippen LogP contribution in [-0.4, -0.2) is 65.2 Å². The second-order valence-corrected chi connectivity index (χ2v) is 10.5. The van der Waals surface area contributed by atoms with Gasteiger partial charge in [0.2, 0.25) is 10.0 Å². The van der Waals surface area contributed by atoms with Gasteiger partial charge in [0.15, 0.2) is 0 Å². The first-order valence-electron chi connectivity index (χ1n) is 11.8. The number of carbonyl (C=O) groups is 1. The third-order valence-corrected chi connectivity index (χ3v) is 7.89. The molecule has 0 saturated carbocycles. The maximum absolute atomic E-state index is 13.0. The van der Waals surface area contributed by atoms with Crippen LogP contribution in [0.4, 0.5) is 0 Å². The summed E-state index contributed by atoms with van der Waals surface area (Å²) >= 11 is 0. The molecule has 0 radical (unpaired) electrons. The molecule has 2 aromatic carbocycles. The Kier molecular flexibility index (Phi) is 8.20. The molecule has 0 bridgehead atoms. The Morgan fingerprint density at radius 1 is 1.15 bits per heavy atom. The monoisotopic (exact) mass is 487 g/mol. The number of methoxy groups -OCH3 is 1. The van der Waals surface area contributed by atoms with E-state index in [1.807, 2.05) is 24.3 Å². The van der Waals surface area contributed by atoms with Gasteiger partial charge in [0.05, 0.1) is 24.2 Å². The molecule has 1 amide bonds. The Bertz CT molecular complexity index is 1060. The number of nitrogens with one attached hydrogen (secondary N) is 2. The maximum Gasteiger partial charge on any atom is 0.251 e. The zero-order valence-electron chi connectivity index (χ0n) is 19.5. The summed E-state index contributed by atoms with van der Waals surface area (Å²) < 4.78 is 38.8. The van der Waals surface area contributed by atoms with Crippen molar-refractivity contribution in [2.45, 2.75) is 42.7 Å². The van der Waals surface area contributed by atoms with Crippen molar-refractivity contribution in [2.24, 2.45) is 0 Å². The Morgan fingerprint density at radius 2 is 1.91 bits per heavy atom. The van der Waals surface area contributed by atoms with Crippen molar-refractivity contribution in [1.29, 1.82) is 0 Å². The Balaban J connectivity index is 1.42. The fraction of sp³-hybridized carbons (Fsp3) is 0.480. The molecule has 4 rings (SSSR count). The van der Waals surface area contributed by atoms with Crippen molar-refractivity contribution in [3.8, 4) is 5.75 Å². The van der Waals surface area contributed by atoms with Gasteiger partial charge in [0, 0.05) is 25.3 Å². The first-order valence-corrected chi connectivity index (χ1v) is 13.3. The molecule has 8 nitrogen and oxygen atoms in total. The number of benzene rings is 2. The van der Waals surface area contributed by atoms with E-state index in [1.165, 1.54) is 12.1 Å². The molecule has 184 valence electrons. The van der Waals surface area contributed by atoms with Crippen molar-refractivity contribution in [1.82, 2.24) is 14.9 Å². The van der Waals surface area contributed by atoms with E-state index in [2.05, 4.69) is 14.9 Å². The second kappa shape index (κ2) is 11.3. The van der Waals surface area contributed by atoms with Gasteiger partial charge in [0.25, 0.3) is 5.91 Å². The minimum Gasteiger partial charge on any atom is -0.497 e. The molecule has 2 saturated heterocycles. The SMILES string of the molecule is COc1ccc(C(CNC(=O)c2cccc(S(=O)(=O)NCC3CCCO3)c2)N2CCCC2)cc1. The summed E-state index contributed by atoms with van der Waals surface area (Å²) in [6.07, 6.45) is 3.97. The quantitative estimate of drug-likeness (QED) is 0.535. The van der Waals surface area contributed by atoms with Gasteiger partial charge in [-0.1, -0.05) is 18.2 Å². The summed E-state index contributed by atoms with van der Waals surface area (Å²) in [5.41, 5.74) is 1.42. The van der Waals surface area contributed by atoms with Crippen LogP contribution in [0.3, 0.4) is 0 Å². The Morgan fingerprint density at radius 3 is 2.59 bits per heavy atom. The summed E-state index contributed by atoms with van der Waals surface area (Å²) in [4.78, 5) is 15.4. The Hall–Kier alpha value is -2.46. The third-order valence-electron chi connectivity index (χ3n) is 6.47. The van der Waals surface area contributed by atoms with Crippen molar-refractivity contribution < 1.29 is 22.7 Å². The highest BCUT2D eigenvalue weighted by molar-refractivity contribution is 7.89. The number of likely N-dealkylation sites (tertiary alicyclic amines) is 1. The van der Waals surface area contributed by atoms with Gasteiger partial charge in [-0.2, -0.15) is 0 Å². The summed E-state index contributed by atoms with van der Waals surface area (Å²) in [6, 6.07) is 14.1. The van der Waals surface area contributed by atoms with Crippen LogP contribution in [0.15, 0.2) is 53.4 Å². The highest BCUT2D eigenvalue weighted by atomic mass is 32.2. The maximum atomic E-state index is 13.0. The van der Waals surface area contributed by atoms with Gasteiger partial charge in [-0.25, -0.2) is 13.1 Å². The Labute approximate surface area is 201 Å². The molecule has 0 spiro atoms. The molecule has 9 heteroatoms. The van der Waals surface area contributed by atoms with Gasteiger partial charge in [-0.3, -0.25) is 9.69 Å². The van der Waals surface area contributed by atoms with Crippen LogP contribution in [0, 0.1) is 0 Å². The van der Waals surface area contributed by atoms with Crippen molar-refractivity contribution in [2.75, 3.05) is 39.9 Å². The predicted molar refractivity (Wildman–Crippen MR) is 129 cm³/mol. The lowest BCUT2D eigenvalue weighted by molar-refractivity contribution is 0.0937. The first kappa shape index (κ1) is 24.7. The van der Waals surface area contributed by atoms with Crippen LogP contribution >= 0.6 is 0 Å².